The highest BCUT2D eigenvalue weighted by Crippen LogP contribution is 2.32. The molecule has 0 radical (unpaired) electrons. The van der Waals surface area contributed by atoms with Crippen molar-refractivity contribution >= 4 is 17.3 Å². The second-order valence-electron chi connectivity index (χ2n) is 4.91. The highest BCUT2D eigenvalue weighted by molar-refractivity contribution is 5.96. The summed E-state index contributed by atoms with van der Waals surface area (Å²) in [6.45, 7) is 2.05. The molecule has 0 aromatic heterocycles. The minimum atomic E-state index is 0.0178. The third-order valence-corrected chi connectivity index (χ3v) is 3.37. The van der Waals surface area contributed by atoms with Gasteiger partial charge in [0.15, 0.2) is 0 Å². The Balaban J connectivity index is 1.99. The van der Waals surface area contributed by atoms with E-state index in [-0.39, 0.29) is 11.9 Å². The Morgan fingerprint density at radius 3 is 2.63 bits per heavy atom. The Hall–Kier alpha value is -2.29. The zero-order chi connectivity index (χ0) is 13.2. The number of hydrogen-bond donors (Lipinski definition) is 2. The van der Waals surface area contributed by atoms with Crippen LogP contribution in [0, 0.1) is 6.92 Å². The molecule has 1 heterocycles. The lowest BCUT2D eigenvalue weighted by Gasteiger charge is -2.17. The van der Waals surface area contributed by atoms with E-state index in [4.69, 9.17) is 0 Å². The van der Waals surface area contributed by atoms with Gasteiger partial charge >= 0.3 is 0 Å². The molecule has 96 valence electrons. The van der Waals surface area contributed by atoms with Gasteiger partial charge in [0.2, 0.25) is 5.91 Å². The van der Waals surface area contributed by atoms with Gasteiger partial charge in [0.05, 0.1) is 23.8 Å². The normalized spacial score (nSPS) is 17.9. The third-order valence-electron chi connectivity index (χ3n) is 3.37. The first-order valence-corrected chi connectivity index (χ1v) is 6.44. The fourth-order valence-electron chi connectivity index (χ4n) is 2.40. The SMILES string of the molecule is Cc1ccc2c(c1)N[C@@H](c1ccccc1)CC(=O)N2. The molecule has 1 atom stereocenters. The molecule has 2 aromatic carbocycles. The molecule has 1 aliphatic rings. The van der Waals surface area contributed by atoms with E-state index in [1.807, 2.05) is 49.4 Å². The summed E-state index contributed by atoms with van der Waals surface area (Å²) in [6, 6.07) is 16.1. The van der Waals surface area contributed by atoms with E-state index in [0.717, 1.165) is 16.9 Å². The highest BCUT2D eigenvalue weighted by Gasteiger charge is 2.21. The molecule has 0 saturated heterocycles. The summed E-state index contributed by atoms with van der Waals surface area (Å²) in [5.74, 6) is 0.0453. The molecule has 0 spiro atoms. The molecule has 3 heteroatoms. The van der Waals surface area contributed by atoms with Gasteiger partial charge in [-0.05, 0) is 30.2 Å². The summed E-state index contributed by atoms with van der Waals surface area (Å²) in [6.07, 6.45) is 0.442. The first-order chi connectivity index (χ1) is 9.22. The van der Waals surface area contributed by atoms with E-state index >= 15 is 0 Å². The van der Waals surface area contributed by atoms with Gasteiger partial charge in [-0.2, -0.15) is 0 Å². The van der Waals surface area contributed by atoms with Crippen LogP contribution in [0.2, 0.25) is 0 Å². The number of carbonyl (C=O) groups excluding carboxylic acids is 1. The first-order valence-electron chi connectivity index (χ1n) is 6.44. The van der Waals surface area contributed by atoms with Crippen molar-refractivity contribution < 1.29 is 4.79 Å². The van der Waals surface area contributed by atoms with Gasteiger partial charge in [-0.15, -0.1) is 0 Å². The summed E-state index contributed by atoms with van der Waals surface area (Å²) in [4.78, 5) is 12.0. The standard InChI is InChI=1S/C16H16N2O/c1-11-7-8-13-15(9-11)17-14(10-16(19)18-13)12-5-3-2-4-6-12/h2-9,14,17H,10H2,1H3,(H,18,19)/t14-/m1/s1. The van der Waals surface area contributed by atoms with Crippen molar-refractivity contribution in [2.75, 3.05) is 10.6 Å². The number of nitrogens with one attached hydrogen (secondary N) is 2. The zero-order valence-electron chi connectivity index (χ0n) is 10.8. The van der Waals surface area contributed by atoms with E-state index < -0.39 is 0 Å². The van der Waals surface area contributed by atoms with Gasteiger partial charge in [0, 0.05) is 0 Å². The Labute approximate surface area is 112 Å². The van der Waals surface area contributed by atoms with Crippen molar-refractivity contribution in [2.24, 2.45) is 0 Å². The van der Waals surface area contributed by atoms with Gasteiger partial charge in [0.1, 0.15) is 0 Å². The van der Waals surface area contributed by atoms with Crippen LogP contribution >= 0.6 is 0 Å². The highest BCUT2D eigenvalue weighted by atomic mass is 16.1. The van der Waals surface area contributed by atoms with Gasteiger partial charge in [0.25, 0.3) is 0 Å². The lowest BCUT2D eigenvalue weighted by atomic mass is 10.0. The van der Waals surface area contributed by atoms with Crippen molar-refractivity contribution in [2.45, 2.75) is 19.4 Å². The maximum atomic E-state index is 12.0. The molecule has 19 heavy (non-hydrogen) atoms. The Morgan fingerprint density at radius 1 is 1.05 bits per heavy atom. The van der Waals surface area contributed by atoms with Crippen molar-refractivity contribution in [3.05, 3.63) is 59.7 Å². The van der Waals surface area contributed by atoms with E-state index in [0.29, 0.717) is 6.42 Å². The summed E-state index contributed by atoms with van der Waals surface area (Å²) in [5, 5.41) is 6.41. The van der Waals surface area contributed by atoms with Gasteiger partial charge in [-0.1, -0.05) is 36.4 Å². The van der Waals surface area contributed by atoms with Crippen LogP contribution in [0.5, 0.6) is 0 Å². The Morgan fingerprint density at radius 2 is 1.84 bits per heavy atom. The van der Waals surface area contributed by atoms with Crippen molar-refractivity contribution in [3.63, 3.8) is 0 Å². The van der Waals surface area contributed by atoms with E-state index in [1.165, 1.54) is 5.56 Å². The molecule has 1 amide bonds. The van der Waals surface area contributed by atoms with Gasteiger partial charge in [-0.25, -0.2) is 0 Å². The second-order valence-corrected chi connectivity index (χ2v) is 4.91. The maximum absolute atomic E-state index is 12.0. The smallest absolute Gasteiger partial charge is 0.226 e. The van der Waals surface area contributed by atoms with Gasteiger partial charge in [-0.3, -0.25) is 4.79 Å². The molecule has 0 unspecified atom stereocenters. The van der Waals surface area contributed by atoms with Crippen LogP contribution in [0.3, 0.4) is 0 Å². The van der Waals surface area contributed by atoms with Crippen LogP contribution in [0.1, 0.15) is 23.6 Å². The van der Waals surface area contributed by atoms with Crippen LogP contribution in [0.25, 0.3) is 0 Å². The fraction of sp³-hybridized carbons (Fsp3) is 0.188. The number of anilines is 2. The van der Waals surface area contributed by atoms with Crippen LogP contribution < -0.4 is 10.6 Å². The molecule has 0 fully saturated rings. The van der Waals surface area contributed by atoms with E-state index in [9.17, 15) is 4.79 Å². The lowest BCUT2D eigenvalue weighted by Crippen LogP contribution is -2.15. The average Bonchev–Trinajstić information content (AvgIpc) is 2.58. The molecule has 3 nitrogen and oxygen atoms in total. The minimum absolute atomic E-state index is 0.0178. The van der Waals surface area contributed by atoms with E-state index in [2.05, 4.69) is 16.7 Å². The molecule has 2 N–H and O–H groups in total. The maximum Gasteiger partial charge on any atom is 0.226 e. The quantitative estimate of drug-likeness (QED) is 0.815. The van der Waals surface area contributed by atoms with Crippen LogP contribution in [0.15, 0.2) is 48.5 Å². The summed E-state index contributed by atoms with van der Waals surface area (Å²) < 4.78 is 0. The molecule has 2 aromatic rings. The predicted molar refractivity (Wildman–Crippen MR) is 77.2 cm³/mol. The van der Waals surface area contributed by atoms with Crippen LogP contribution in [-0.4, -0.2) is 5.91 Å². The molecular formula is C16H16N2O. The third kappa shape index (κ3) is 2.45. The lowest BCUT2D eigenvalue weighted by molar-refractivity contribution is -0.116. The largest absolute Gasteiger partial charge is 0.376 e. The van der Waals surface area contributed by atoms with Gasteiger partial charge < -0.3 is 10.6 Å². The zero-order valence-corrected chi connectivity index (χ0v) is 10.8. The molecule has 3 rings (SSSR count). The molecular weight excluding hydrogens is 236 g/mol. The van der Waals surface area contributed by atoms with E-state index in [1.54, 1.807) is 0 Å². The minimum Gasteiger partial charge on any atom is -0.376 e. The monoisotopic (exact) mass is 252 g/mol. The molecule has 0 aliphatic carbocycles. The van der Waals surface area contributed by atoms with Crippen LogP contribution in [-0.2, 0) is 4.79 Å². The van der Waals surface area contributed by atoms with Crippen molar-refractivity contribution in [3.8, 4) is 0 Å². The average molecular weight is 252 g/mol. The first kappa shape index (κ1) is 11.8. The number of aryl methyl sites for hydroxylation is 1. The molecule has 0 saturated carbocycles. The topological polar surface area (TPSA) is 41.1 Å². The number of amides is 1. The number of rotatable bonds is 1. The summed E-state index contributed by atoms with van der Waals surface area (Å²) in [5.41, 5.74) is 4.15. The number of fused-ring (bicyclic) bond motifs is 1. The summed E-state index contributed by atoms with van der Waals surface area (Å²) in [7, 11) is 0. The molecule has 0 bridgehead atoms. The number of hydrogen-bond acceptors (Lipinski definition) is 2. The Bertz CT molecular complexity index is 607. The number of benzene rings is 2. The number of carbonyl (C=O) groups is 1. The molecule has 1 aliphatic heterocycles. The van der Waals surface area contributed by atoms with Crippen molar-refractivity contribution in [1.82, 2.24) is 0 Å². The Kier molecular flexibility index (Phi) is 2.95. The summed E-state index contributed by atoms with van der Waals surface area (Å²) >= 11 is 0. The van der Waals surface area contributed by atoms with Crippen molar-refractivity contribution in [1.29, 1.82) is 0 Å². The predicted octanol–water partition coefficient (Wildman–Crippen LogP) is 3.49. The fourth-order valence-corrected chi connectivity index (χ4v) is 2.40. The van der Waals surface area contributed by atoms with Crippen LogP contribution in [0.4, 0.5) is 11.4 Å². The second kappa shape index (κ2) is 4.76.